The second-order valence-corrected chi connectivity index (χ2v) is 11.3. The largest absolute Gasteiger partial charge is 0.354 e. The summed E-state index contributed by atoms with van der Waals surface area (Å²) in [6.45, 7) is 5.62. The van der Waals surface area contributed by atoms with Gasteiger partial charge in [0.25, 0.3) is 0 Å². The zero-order valence-corrected chi connectivity index (χ0v) is 22.2. The normalized spacial score (nSPS) is 12.3. The van der Waals surface area contributed by atoms with Gasteiger partial charge in [-0.15, -0.1) is 0 Å². The fourth-order valence-electron chi connectivity index (χ4n) is 3.09. The monoisotopic (exact) mass is 557 g/mol. The maximum Gasteiger partial charge on any atom is 0.244 e. The van der Waals surface area contributed by atoms with Gasteiger partial charge in [-0.2, -0.15) is 0 Å². The lowest BCUT2D eigenvalue weighted by Crippen LogP contribution is -2.51. The molecule has 0 aliphatic carbocycles. The van der Waals surface area contributed by atoms with Gasteiger partial charge in [-0.25, -0.2) is 8.42 Å². The fraction of sp³-hybridized carbons (Fsp3) is 0.391. The molecule has 1 unspecified atom stereocenters. The van der Waals surface area contributed by atoms with Crippen molar-refractivity contribution in [2.75, 3.05) is 23.7 Å². The Bertz CT molecular complexity index is 1090. The van der Waals surface area contributed by atoms with Crippen LogP contribution in [-0.2, 0) is 26.2 Å². The number of nitrogens with zero attached hydrogens (tertiary/aromatic N) is 2. The molecule has 180 valence electrons. The van der Waals surface area contributed by atoms with E-state index in [2.05, 4.69) is 21.2 Å². The van der Waals surface area contributed by atoms with Crippen LogP contribution in [0.2, 0.25) is 5.02 Å². The van der Waals surface area contributed by atoms with E-state index < -0.39 is 28.5 Å². The van der Waals surface area contributed by atoms with Gasteiger partial charge >= 0.3 is 0 Å². The van der Waals surface area contributed by atoms with Gasteiger partial charge in [0.05, 0.1) is 11.9 Å². The topological polar surface area (TPSA) is 86.8 Å². The van der Waals surface area contributed by atoms with Gasteiger partial charge in [0, 0.05) is 22.6 Å². The highest BCUT2D eigenvalue weighted by Crippen LogP contribution is 2.28. The Morgan fingerprint density at radius 3 is 2.24 bits per heavy atom. The smallest absolute Gasteiger partial charge is 0.244 e. The van der Waals surface area contributed by atoms with Crippen molar-refractivity contribution in [1.82, 2.24) is 10.2 Å². The fourth-order valence-corrected chi connectivity index (χ4v) is 4.77. The predicted octanol–water partition coefficient (Wildman–Crippen LogP) is 4.06. The summed E-state index contributed by atoms with van der Waals surface area (Å²) in [5.41, 5.74) is 0.991. The molecule has 0 fully saturated rings. The number of sulfonamides is 1. The molecule has 0 heterocycles. The number of halogens is 2. The number of nitrogens with one attached hydrogen (secondary N) is 1. The van der Waals surface area contributed by atoms with Crippen molar-refractivity contribution in [2.24, 2.45) is 5.92 Å². The number of anilines is 1. The van der Waals surface area contributed by atoms with Gasteiger partial charge in [0.15, 0.2) is 0 Å². The molecule has 0 aliphatic rings. The lowest BCUT2D eigenvalue weighted by Gasteiger charge is -2.32. The van der Waals surface area contributed by atoms with Gasteiger partial charge in [0.1, 0.15) is 12.6 Å². The molecule has 7 nitrogen and oxygen atoms in total. The summed E-state index contributed by atoms with van der Waals surface area (Å²) < 4.78 is 26.7. The van der Waals surface area contributed by atoms with Gasteiger partial charge in [-0.1, -0.05) is 55.8 Å². The van der Waals surface area contributed by atoms with Crippen LogP contribution in [0.5, 0.6) is 0 Å². The lowest BCUT2D eigenvalue weighted by atomic mass is 10.1. The summed E-state index contributed by atoms with van der Waals surface area (Å²) in [4.78, 5) is 27.6. The van der Waals surface area contributed by atoms with Crippen molar-refractivity contribution >= 4 is 55.1 Å². The standard InChI is InChI=1S/C23H29BrClN3O4S/c1-16(2)13-26-23(30)17(3)27(14-18-9-5-7-11-20(18)25)22(29)15-28(33(4,31)32)21-12-8-6-10-19(21)24/h5-12,16-17H,13-15H2,1-4H3,(H,26,30). The minimum absolute atomic E-state index is 0.0579. The Morgan fingerprint density at radius 2 is 1.67 bits per heavy atom. The molecule has 1 N–H and O–H groups in total. The van der Waals surface area contributed by atoms with Crippen LogP contribution in [0, 0.1) is 5.92 Å². The van der Waals surface area contributed by atoms with Crippen LogP contribution in [0.15, 0.2) is 53.0 Å². The van der Waals surface area contributed by atoms with Crippen LogP contribution in [0.3, 0.4) is 0 Å². The molecule has 2 amide bonds. The number of hydrogen-bond donors (Lipinski definition) is 1. The van der Waals surface area contributed by atoms with Crippen LogP contribution in [0.4, 0.5) is 5.69 Å². The maximum atomic E-state index is 13.5. The molecule has 10 heteroatoms. The second kappa shape index (κ2) is 11.9. The summed E-state index contributed by atoms with van der Waals surface area (Å²) in [6, 6.07) is 12.9. The minimum atomic E-state index is -3.79. The molecule has 33 heavy (non-hydrogen) atoms. The van der Waals surface area contributed by atoms with E-state index in [4.69, 9.17) is 11.6 Å². The van der Waals surface area contributed by atoms with Crippen molar-refractivity contribution in [3.05, 3.63) is 63.6 Å². The first-order valence-corrected chi connectivity index (χ1v) is 13.5. The number of hydrogen-bond acceptors (Lipinski definition) is 4. The average molecular weight is 559 g/mol. The zero-order valence-electron chi connectivity index (χ0n) is 19.1. The van der Waals surface area contributed by atoms with Gasteiger partial charge in [-0.3, -0.25) is 13.9 Å². The number of para-hydroxylation sites is 1. The molecule has 0 saturated heterocycles. The minimum Gasteiger partial charge on any atom is -0.354 e. The number of amides is 2. The van der Waals surface area contributed by atoms with Crippen molar-refractivity contribution in [2.45, 2.75) is 33.4 Å². The summed E-state index contributed by atoms with van der Waals surface area (Å²) in [5, 5.41) is 3.29. The molecule has 0 spiro atoms. The maximum absolute atomic E-state index is 13.5. The van der Waals surface area contributed by atoms with E-state index in [1.54, 1.807) is 55.5 Å². The number of rotatable bonds is 10. The average Bonchev–Trinajstić information content (AvgIpc) is 2.74. The van der Waals surface area contributed by atoms with Gasteiger partial charge in [-0.05, 0) is 52.5 Å². The Kier molecular flexibility index (Phi) is 9.75. The van der Waals surface area contributed by atoms with E-state index in [0.717, 1.165) is 10.6 Å². The molecule has 0 radical (unpaired) electrons. The first-order chi connectivity index (χ1) is 15.4. The third-order valence-electron chi connectivity index (χ3n) is 4.95. The number of benzene rings is 2. The highest BCUT2D eigenvalue weighted by molar-refractivity contribution is 9.10. The Hall–Kier alpha value is -2.10. The Labute approximate surface area is 209 Å². The summed E-state index contributed by atoms with van der Waals surface area (Å²) >= 11 is 9.66. The summed E-state index contributed by atoms with van der Waals surface area (Å²) in [6.07, 6.45) is 1.04. The predicted molar refractivity (Wildman–Crippen MR) is 136 cm³/mol. The van der Waals surface area contributed by atoms with Crippen molar-refractivity contribution in [1.29, 1.82) is 0 Å². The SMILES string of the molecule is CC(C)CNC(=O)C(C)N(Cc1ccccc1Cl)C(=O)CN(c1ccccc1Br)S(C)(=O)=O. The van der Waals surface area contributed by atoms with E-state index >= 15 is 0 Å². The summed E-state index contributed by atoms with van der Waals surface area (Å²) in [7, 11) is -3.79. The van der Waals surface area contributed by atoms with Crippen molar-refractivity contribution < 1.29 is 18.0 Å². The number of carbonyl (C=O) groups excluding carboxylic acids is 2. The zero-order chi connectivity index (χ0) is 24.8. The van der Waals surface area contributed by atoms with E-state index in [-0.39, 0.29) is 18.4 Å². The molecule has 0 bridgehead atoms. The molecule has 1 atom stereocenters. The molecule has 2 aromatic carbocycles. The van der Waals surface area contributed by atoms with E-state index in [0.29, 0.717) is 27.3 Å². The first-order valence-electron chi connectivity index (χ1n) is 10.4. The first kappa shape index (κ1) is 27.1. The van der Waals surface area contributed by atoms with E-state index in [1.165, 1.54) is 4.90 Å². The molecule has 0 saturated carbocycles. The van der Waals surface area contributed by atoms with E-state index in [1.807, 2.05) is 13.8 Å². The quantitative estimate of drug-likeness (QED) is 0.477. The number of carbonyl (C=O) groups is 2. The molecule has 2 rings (SSSR count). The second-order valence-electron chi connectivity index (χ2n) is 8.15. The Morgan fingerprint density at radius 1 is 1.06 bits per heavy atom. The highest BCUT2D eigenvalue weighted by atomic mass is 79.9. The van der Waals surface area contributed by atoms with Crippen molar-refractivity contribution in [3.63, 3.8) is 0 Å². The molecule has 2 aromatic rings. The highest BCUT2D eigenvalue weighted by Gasteiger charge is 2.31. The molecule has 0 aromatic heterocycles. The lowest BCUT2D eigenvalue weighted by molar-refractivity contribution is -0.139. The molecule has 0 aliphatic heterocycles. The molecular weight excluding hydrogens is 530 g/mol. The van der Waals surface area contributed by atoms with Crippen LogP contribution >= 0.6 is 27.5 Å². The third kappa shape index (κ3) is 7.72. The van der Waals surface area contributed by atoms with Gasteiger partial charge < -0.3 is 10.2 Å². The Balaban J connectivity index is 2.39. The molecular formula is C23H29BrClN3O4S. The van der Waals surface area contributed by atoms with Crippen LogP contribution in [0.1, 0.15) is 26.3 Å². The third-order valence-corrected chi connectivity index (χ3v) is 7.12. The van der Waals surface area contributed by atoms with Crippen molar-refractivity contribution in [3.8, 4) is 0 Å². The van der Waals surface area contributed by atoms with E-state index in [9.17, 15) is 18.0 Å². The van der Waals surface area contributed by atoms with Gasteiger partial charge in [0.2, 0.25) is 21.8 Å². The van der Waals surface area contributed by atoms with Crippen LogP contribution < -0.4 is 9.62 Å². The summed E-state index contributed by atoms with van der Waals surface area (Å²) in [5.74, 6) is -0.607. The van der Waals surface area contributed by atoms with Crippen LogP contribution in [-0.4, -0.2) is 50.5 Å². The van der Waals surface area contributed by atoms with Crippen LogP contribution in [0.25, 0.3) is 0 Å².